The second kappa shape index (κ2) is 5.59. The molecule has 0 radical (unpaired) electrons. The molecule has 0 unspecified atom stereocenters. The fourth-order valence-corrected chi connectivity index (χ4v) is 2.06. The predicted octanol–water partition coefficient (Wildman–Crippen LogP) is 2.55. The van der Waals surface area contributed by atoms with Gasteiger partial charge in [0, 0.05) is 23.8 Å². The Morgan fingerprint density at radius 3 is 2.63 bits per heavy atom. The molecule has 0 aliphatic carbocycles. The van der Waals surface area contributed by atoms with Gasteiger partial charge < -0.3 is 5.32 Å². The highest BCUT2D eigenvalue weighted by Gasteiger charge is 2.12. The van der Waals surface area contributed by atoms with Crippen LogP contribution in [0.1, 0.15) is 16.1 Å². The van der Waals surface area contributed by atoms with E-state index in [0.717, 1.165) is 16.7 Å². The molecule has 96 valence electrons. The van der Waals surface area contributed by atoms with Crippen molar-refractivity contribution in [3.8, 4) is 5.40 Å². The maximum atomic E-state index is 12.0. The fourth-order valence-electron chi connectivity index (χ4n) is 1.68. The van der Waals surface area contributed by atoms with Crippen molar-refractivity contribution in [2.75, 3.05) is 5.32 Å². The third-order valence-corrected chi connectivity index (χ3v) is 3.13. The maximum absolute atomic E-state index is 12.0. The number of hydrogen-bond acceptors (Lipinski definition) is 4. The number of rotatable bonds is 3. The maximum Gasteiger partial charge on any atom is 0.259 e. The molecule has 1 amide bonds. The summed E-state index contributed by atoms with van der Waals surface area (Å²) in [6, 6.07) is 7.12. The Morgan fingerprint density at radius 1 is 1.42 bits per heavy atom. The predicted molar refractivity (Wildman–Crippen MR) is 73.8 cm³/mol. The lowest BCUT2D eigenvalue weighted by molar-refractivity contribution is 0.102. The smallest absolute Gasteiger partial charge is 0.259 e. The van der Waals surface area contributed by atoms with Gasteiger partial charge in [-0.05, 0) is 43.0 Å². The molecule has 1 aromatic carbocycles. The van der Waals surface area contributed by atoms with Gasteiger partial charge in [0.25, 0.3) is 5.91 Å². The number of nitrogens with zero attached hydrogens (tertiary/aromatic N) is 3. The summed E-state index contributed by atoms with van der Waals surface area (Å²) in [6.45, 7) is 1.79. The Hall–Kier alpha value is -2.26. The first kappa shape index (κ1) is 13.2. The monoisotopic (exact) mass is 272 g/mol. The average Bonchev–Trinajstić information content (AvgIpc) is 2.71. The Morgan fingerprint density at radius 2 is 2.11 bits per heavy atom. The third kappa shape index (κ3) is 3.14. The summed E-state index contributed by atoms with van der Waals surface area (Å²) in [7, 11) is 1.78. The van der Waals surface area contributed by atoms with E-state index in [0.29, 0.717) is 16.9 Å². The number of aromatic nitrogens is 2. The van der Waals surface area contributed by atoms with Crippen LogP contribution in [0.15, 0.2) is 35.4 Å². The van der Waals surface area contributed by atoms with Crippen LogP contribution in [0.4, 0.5) is 5.69 Å². The molecule has 1 N–H and O–H groups in total. The molecule has 0 fully saturated rings. The molecule has 2 rings (SSSR count). The molecule has 6 heteroatoms. The molecule has 2 aromatic rings. The number of nitrogens with one attached hydrogen (secondary N) is 1. The van der Waals surface area contributed by atoms with Crippen LogP contribution in [0.25, 0.3) is 0 Å². The lowest BCUT2D eigenvalue weighted by Crippen LogP contribution is -2.12. The Balaban J connectivity index is 2.11. The quantitative estimate of drug-likeness (QED) is 0.688. The number of thiocyanates is 1. The SMILES string of the molecule is Cc1nn(C)cc1C(=O)Nc1ccc(SC#N)cc1. The Kier molecular flexibility index (Phi) is 3.88. The van der Waals surface area contributed by atoms with E-state index < -0.39 is 0 Å². The summed E-state index contributed by atoms with van der Waals surface area (Å²) in [5.74, 6) is -0.189. The van der Waals surface area contributed by atoms with Gasteiger partial charge in [-0.15, -0.1) is 0 Å². The molecule has 19 heavy (non-hydrogen) atoms. The lowest BCUT2D eigenvalue weighted by Gasteiger charge is -2.04. The summed E-state index contributed by atoms with van der Waals surface area (Å²) >= 11 is 1.08. The van der Waals surface area contributed by atoms with E-state index in [9.17, 15) is 4.79 Å². The minimum absolute atomic E-state index is 0.189. The highest BCUT2D eigenvalue weighted by Crippen LogP contribution is 2.19. The largest absolute Gasteiger partial charge is 0.322 e. The van der Waals surface area contributed by atoms with E-state index in [2.05, 4.69) is 10.4 Å². The van der Waals surface area contributed by atoms with Crippen molar-refractivity contribution in [1.82, 2.24) is 9.78 Å². The zero-order valence-corrected chi connectivity index (χ0v) is 11.4. The van der Waals surface area contributed by atoms with Crippen molar-refractivity contribution in [2.45, 2.75) is 11.8 Å². The van der Waals surface area contributed by atoms with Crippen LogP contribution in [0.5, 0.6) is 0 Å². The number of thioether (sulfide) groups is 1. The topological polar surface area (TPSA) is 70.7 Å². The second-order valence-electron chi connectivity index (χ2n) is 3.97. The van der Waals surface area contributed by atoms with Crippen LogP contribution >= 0.6 is 11.8 Å². The van der Waals surface area contributed by atoms with E-state index in [1.54, 1.807) is 49.1 Å². The van der Waals surface area contributed by atoms with Gasteiger partial charge in [0.15, 0.2) is 0 Å². The highest BCUT2D eigenvalue weighted by molar-refractivity contribution is 8.03. The summed E-state index contributed by atoms with van der Waals surface area (Å²) in [5.41, 5.74) is 1.94. The van der Waals surface area contributed by atoms with Crippen LogP contribution in [-0.2, 0) is 7.05 Å². The standard InChI is InChI=1S/C13H12N4OS/c1-9-12(7-17(2)16-9)13(18)15-10-3-5-11(6-4-10)19-8-14/h3-7H,1-2H3,(H,15,18). The van der Waals surface area contributed by atoms with Crippen molar-refractivity contribution < 1.29 is 4.79 Å². The summed E-state index contributed by atoms with van der Waals surface area (Å²) < 4.78 is 1.61. The average molecular weight is 272 g/mol. The Bertz CT molecular complexity index is 640. The van der Waals surface area contributed by atoms with E-state index >= 15 is 0 Å². The summed E-state index contributed by atoms with van der Waals surface area (Å²) in [4.78, 5) is 12.9. The van der Waals surface area contributed by atoms with Gasteiger partial charge >= 0.3 is 0 Å². The fraction of sp³-hybridized carbons (Fsp3) is 0.154. The first-order valence-corrected chi connectivity index (χ1v) is 6.39. The zero-order valence-electron chi connectivity index (χ0n) is 10.5. The van der Waals surface area contributed by atoms with Gasteiger partial charge in [-0.3, -0.25) is 9.48 Å². The van der Waals surface area contributed by atoms with Crippen LogP contribution in [0.3, 0.4) is 0 Å². The molecule has 1 aromatic heterocycles. The molecule has 0 saturated carbocycles. The number of carbonyl (C=O) groups is 1. The summed E-state index contributed by atoms with van der Waals surface area (Å²) in [6.07, 6.45) is 1.69. The van der Waals surface area contributed by atoms with E-state index in [1.807, 2.05) is 5.40 Å². The molecule has 1 heterocycles. The van der Waals surface area contributed by atoms with Gasteiger partial charge in [0.2, 0.25) is 0 Å². The molecular weight excluding hydrogens is 260 g/mol. The van der Waals surface area contributed by atoms with E-state index in [1.165, 1.54) is 0 Å². The van der Waals surface area contributed by atoms with Gasteiger partial charge in [0.1, 0.15) is 5.40 Å². The van der Waals surface area contributed by atoms with Crippen molar-refractivity contribution in [2.24, 2.45) is 7.05 Å². The number of hydrogen-bond donors (Lipinski definition) is 1. The molecule has 0 saturated heterocycles. The first-order chi connectivity index (χ1) is 9.10. The minimum Gasteiger partial charge on any atom is -0.322 e. The summed E-state index contributed by atoms with van der Waals surface area (Å²) in [5, 5.41) is 17.5. The van der Waals surface area contributed by atoms with Crippen LogP contribution < -0.4 is 5.32 Å². The van der Waals surface area contributed by atoms with Gasteiger partial charge in [-0.2, -0.15) is 10.4 Å². The van der Waals surface area contributed by atoms with Crippen molar-refractivity contribution in [3.63, 3.8) is 0 Å². The van der Waals surface area contributed by atoms with E-state index in [-0.39, 0.29) is 5.91 Å². The number of anilines is 1. The van der Waals surface area contributed by atoms with Gasteiger partial charge in [-0.25, -0.2) is 0 Å². The molecular formula is C13H12N4OS. The van der Waals surface area contributed by atoms with Crippen LogP contribution in [0.2, 0.25) is 0 Å². The van der Waals surface area contributed by atoms with Crippen molar-refractivity contribution >= 4 is 23.4 Å². The van der Waals surface area contributed by atoms with Crippen LogP contribution in [-0.4, -0.2) is 15.7 Å². The number of carbonyl (C=O) groups excluding carboxylic acids is 1. The number of aryl methyl sites for hydroxylation is 2. The van der Waals surface area contributed by atoms with Crippen molar-refractivity contribution in [3.05, 3.63) is 41.7 Å². The molecule has 0 atom stereocenters. The number of nitriles is 1. The first-order valence-electron chi connectivity index (χ1n) is 5.58. The molecule has 0 aliphatic rings. The third-order valence-electron chi connectivity index (χ3n) is 2.53. The number of amides is 1. The normalized spacial score (nSPS) is 9.95. The second-order valence-corrected chi connectivity index (χ2v) is 4.83. The zero-order chi connectivity index (χ0) is 13.8. The molecule has 0 spiro atoms. The number of benzene rings is 1. The van der Waals surface area contributed by atoms with Gasteiger partial charge in [0.05, 0.1) is 11.3 Å². The molecule has 0 bridgehead atoms. The molecule has 0 aliphatic heterocycles. The van der Waals surface area contributed by atoms with E-state index in [4.69, 9.17) is 5.26 Å². The minimum atomic E-state index is -0.189. The van der Waals surface area contributed by atoms with Gasteiger partial charge in [-0.1, -0.05) is 0 Å². The molecule has 5 nitrogen and oxygen atoms in total. The highest BCUT2D eigenvalue weighted by atomic mass is 32.2. The lowest BCUT2D eigenvalue weighted by atomic mass is 10.2. The Labute approximate surface area is 115 Å². The van der Waals surface area contributed by atoms with Crippen LogP contribution in [0, 0.1) is 17.6 Å². The van der Waals surface area contributed by atoms with Crippen molar-refractivity contribution in [1.29, 1.82) is 5.26 Å².